The van der Waals surface area contributed by atoms with Crippen LogP contribution in [0.2, 0.25) is 5.02 Å². The van der Waals surface area contributed by atoms with Gasteiger partial charge in [-0.3, -0.25) is 9.13 Å². The van der Waals surface area contributed by atoms with Gasteiger partial charge in [0.25, 0.3) is 0 Å². The third kappa shape index (κ3) is 2.36. The van der Waals surface area contributed by atoms with E-state index >= 15 is 0 Å². The van der Waals surface area contributed by atoms with Gasteiger partial charge in [-0.2, -0.15) is 0 Å². The normalized spacial score (nSPS) is 11.2. The van der Waals surface area contributed by atoms with Crippen molar-refractivity contribution in [3.63, 3.8) is 0 Å². The van der Waals surface area contributed by atoms with Crippen molar-refractivity contribution in [3.8, 4) is 0 Å². The number of hydrogen-bond donors (Lipinski definition) is 0. The van der Waals surface area contributed by atoms with Crippen LogP contribution >= 0.6 is 11.6 Å². The highest BCUT2D eigenvalue weighted by Crippen LogP contribution is 2.18. The molecular formula is C16H14ClFN2O. The predicted molar refractivity (Wildman–Crippen MR) is 82.4 cm³/mol. The molecule has 0 saturated heterocycles. The Morgan fingerprint density at radius 3 is 2.38 bits per heavy atom. The first kappa shape index (κ1) is 13.9. The highest BCUT2D eigenvalue weighted by molar-refractivity contribution is 6.30. The number of aromatic nitrogens is 2. The van der Waals surface area contributed by atoms with Crippen LogP contribution < -0.4 is 5.69 Å². The SMILES string of the molecule is CCn1c(=O)n(Cc2ccc(Cl)cc2F)c2ccccc21. The van der Waals surface area contributed by atoms with Crippen molar-refractivity contribution in [1.29, 1.82) is 0 Å². The fraction of sp³-hybridized carbons (Fsp3) is 0.188. The van der Waals surface area contributed by atoms with Crippen molar-refractivity contribution in [3.05, 3.63) is 69.4 Å². The van der Waals surface area contributed by atoms with Crippen LogP contribution in [0.3, 0.4) is 0 Å². The Labute approximate surface area is 126 Å². The minimum atomic E-state index is -0.400. The summed E-state index contributed by atoms with van der Waals surface area (Å²) in [6.07, 6.45) is 0. The van der Waals surface area contributed by atoms with Crippen LogP contribution in [-0.2, 0) is 13.1 Å². The summed E-state index contributed by atoms with van der Waals surface area (Å²) in [6.45, 7) is 2.69. The van der Waals surface area contributed by atoms with Gasteiger partial charge in [-0.25, -0.2) is 9.18 Å². The zero-order chi connectivity index (χ0) is 15.0. The summed E-state index contributed by atoms with van der Waals surface area (Å²) in [6, 6.07) is 12.0. The Morgan fingerprint density at radius 1 is 1.10 bits per heavy atom. The van der Waals surface area contributed by atoms with Gasteiger partial charge in [0.1, 0.15) is 5.82 Å². The molecule has 0 amide bonds. The van der Waals surface area contributed by atoms with E-state index in [1.807, 2.05) is 31.2 Å². The number of aryl methyl sites for hydroxylation is 1. The summed E-state index contributed by atoms with van der Waals surface area (Å²) in [5.74, 6) is -0.400. The number of halogens is 2. The van der Waals surface area contributed by atoms with E-state index in [-0.39, 0.29) is 12.2 Å². The summed E-state index contributed by atoms with van der Waals surface area (Å²) in [5, 5.41) is 0.347. The second-order valence-electron chi connectivity index (χ2n) is 4.84. The number of para-hydroxylation sites is 2. The van der Waals surface area contributed by atoms with Crippen molar-refractivity contribution in [2.75, 3.05) is 0 Å². The number of benzene rings is 2. The molecule has 0 aliphatic carbocycles. The van der Waals surface area contributed by atoms with Crippen molar-refractivity contribution in [2.24, 2.45) is 0 Å². The Bertz CT molecular complexity index is 866. The van der Waals surface area contributed by atoms with Crippen molar-refractivity contribution >= 4 is 22.6 Å². The van der Waals surface area contributed by atoms with Crippen LogP contribution in [0.5, 0.6) is 0 Å². The summed E-state index contributed by atoms with van der Waals surface area (Å²) < 4.78 is 17.2. The second-order valence-corrected chi connectivity index (χ2v) is 5.27. The van der Waals surface area contributed by atoms with Crippen LogP contribution in [0.25, 0.3) is 11.0 Å². The average Bonchev–Trinajstić information content (AvgIpc) is 2.74. The molecule has 0 aliphatic heterocycles. The number of fused-ring (bicyclic) bond motifs is 1. The monoisotopic (exact) mass is 304 g/mol. The van der Waals surface area contributed by atoms with Crippen LogP contribution in [0.1, 0.15) is 12.5 Å². The van der Waals surface area contributed by atoms with Gasteiger partial charge in [0.2, 0.25) is 0 Å². The lowest BCUT2D eigenvalue weighted by molar-refractivity contribution is 0.594. The molecule has 108 valence electrons. The fourth-order valence-electron chi connectivity index (χ4n) is 2.55. The lowest BCUT2D eigenvalue weighted by Gasteiger charge is -2.05. The molecule has 0 aliphatic rings. The average molecular weight is 305 g/mol. The molecule has 5 heteroatoms. The van der Waals surface area contributed by atoms with E-state index in [0.717, 1.165) is 11.0 Å². The van der Waals surface area contributed by atoms with Gasteiger partial charge in [-0.1, -0.05) is 29.8 Å². The summed E-state index contributed by atoms with van der Waals surface area (Å²) in [4.78, 5) is 12.5. The Kier molecular flexibility index (Phi) is 3.55. The molecule has 0 fully saturated rings. The molecule has 0 spiro atoms. The minimum absolute atomic E-state index is 0.131. The maximum atomic E-state index is 13.9. The Hall–Kier alpha value is -2.07. The molecule has 0 atom stereocenters. The molecule has 1 aromatic heterocycles. The second kappa shape index (κ2) is 5.37. The Morgan fingerprint density at radius 2 is 1.76 bits per heavy atom. The molecule has 0 unspecified atom stereocenters. The van der Waals surface area contributed by atoms with Crippen molar-refractivity contribution < 1.29 is 4.39 Å². The van der Waals surface area contributed by atoms with E-state index in [2.05, 4.69) is 0 Å². The van der Waals surface area contributed by atoms with E-state index in [1.54, 1.807) is 21.3 Å². The number of nitrogens with zero attached hydrogens (tertiary/aromatic N) is 2. The predicted octanol–water partition coefficient (Wildman–Crippen LogP) is 3.66. The minimum Gasteiger partial charge on any atom is -0.292 e. The maximum absolute atomic E-state index is 13.9. The highest BCUT2D eigenvalue weighted by Gasteiger charge is 2.13. The third-order valence-corrected chi connectivity index (χ3v) is 3.82. The molecular weight excluding hydrogens is 291 g/mol. The van der Waals surface area contributed by atoms with Crippen LogP contribution in [-0.4, -0.2) is 9.13 Å². The molecule has 0 saturated carbocycles. The van der Waals surface area contributed by atoms with Gasteiger partial charge in [0.05, 0.1) is 17.6 Å². The van der Waals surface area contributed by atoms with E-state index < -0.39 is 5.82 Å². The van der Waals surface area contributed by atoms with Gasteiger partial charge in [-0.15, -0.1) is 0 Å². The van der Waals surface area contributed by atoms with Gasteiger partial charge < -0.3 is 0 Å². The highest BCUT2D eigenvalue weighted by atomic mass is 35.5. The summed E-state index contributed by atoms with van der Waals surface area (Å²) >= 11 is 5.76. The molecule has 0 N–H and O–H groups in total. The first-order valence-electron chi connectivity index (χ1n) is 6.74. The molecule has 0 bridgehead atoms. The number of rotatable bonds is 3. The lowest BCUT2D eigenvalue weighted by atomic mass is 10.2. The number of imidazole rings is 1. The summed E-state index contributed by atoms with van der Waals surface area (Å²) in [7, 11) is 0. The Balaban J connectivity index is 2.17. The van der Waals surface area contributed by atoms with Crippen LogP contribution in [0, 0.1) is 5.82 Å². The van der Waals surface area contributed by atoms with Crippen molar-refractivity contribution in [1.82, 2.24) is 9.13 Å². The largest absolute Gasteiger partial charge is 0.329 e. The van der Waals surface area contributed by atoms with Crippen molar-refractivity contribution in [2.45, 2.75) is 20.0 Å². The van der Waals surface area contributed by atoms with Gasteiger partial charge in [0.15, 0.2) is 0 Å². The summed E-state index contributed by atoms with van der Waals surface area (Å²) in [5.41, 5.74) is 1.98. The molecule has 3 nitrogen and oxygen atoms in total. The standard InChI is InChI=1S/C16H14ClFN2O/c1-2-19-14-5-3-4-6-15(14)20(16(19)21)10-11-7-8-12(17)9-13(11)18/h3-9H,2,10H2,1H3. The number of hydrogen-bond acceptors (Lipinski definition) is 1. The first-order chi connectivity index (χ1) is 10.1. The topological polar surface area (TPSA) is 26.9 Å². The van der Waals surface area contributed by atoms with Crippen LogP contribution in [0.4, 0.5) is 4.39 Å². The van der Waals surface area contributed by atoms with E-state index in [1.165, 1.54) is 6.07 Å². The molecule has 3 rings (SSSR count). The lowest BCUT2D eigenvalue weighted by Crippen LogP contribution is -2.24. The smallest absolute Gasteiger partial charge is 0.292 e. The fourth-order valence-corrected chi connectivity index (χ4v) is 2.71. The van der Waals surface area contributed by atoms with Gasteiger partial charge in [0, 0.05) is 17.1 Å². The molecule has 1 heterocycles. The van der Waals surface area contributed by atoms with E-state index in [0.29, 0.717) is 17.1 Å². The van der Waals surface area contributed by atoms with Gasteiger partial charge >= 0.3 is 5.69 Å². The third-order valence-electron chi connectivity index (χ3n) is 3.58. The van der Waals surface area contributed by atoms with E-state index in [9.17, 15) is 9.18 Å². The molecule has 21 heavy (non-hydrogen) atoms. The first-order valence-corrected chi connectivity index (χ1v) is 7.11. The van der Waals surface area contributed by atoms with E-state index in [4.69, 9.17) is 11.6 Å². The van der Waals surface area contributed by atoms with Crippen LogP contribution in [0.15, 0.2) is 47.3 Å². The molecule has 2 aromatic carbocycles. The maximum Gasteiger partial charge on any atom is 0.329 e. The molecule has 0 radical (unpaired) electrons. The zero-order valence-electron chi connectivity index (χ0n) is 11.5. The van der Waals surface area contributed by atoms with Gasteiger partial charge in [-0.05, 0) is 31.2 Å². The zero-order valence-corrected chi connectivity index (χ0v) is 12.3. The molecule has 3 aromatic rings. The quantitative estimate of drug-likeness (QED) is 0.725.